The fourth-order valence-electron chi connectivity index (χ4n) is 1.45. The van der Waals surface area contributed by atoms with E-state index in [0.29, 0.717) is 5.56 Å². The summed E-state index contributed by atoms with van der Waals surface area (Å²) >= 11 is 0. The summed E-state index contributed by atoms with van der Waals surface area (Å²) in [5, 5.41) is 8.74. The van der Waals surface area contributed by atoms with Crippen molar-refractivity contribution >= 4 is 5.97 Å². The van der Waals surface area contributed by atoms with E-state index in [1.54, 1.807) is 19.2 Å². The van der Waals surface area contributed by atoms with Crippen molar-refractivity contribution in [3.8, 4) is 0 Å². The molecule has 3 N–H and O–H groups in total. The van der Waals surface area contributed by atoms with Crippen LogP contribution in [-0.4, -0.2) is 24.8 Å². The van der Waals surface area contributed by atoms with Gasteiger partial charge in [0.05, 0.1) is 0 Å². The second kappa shape index (κ2) is 6.25. The third kappa shape index (κ3) is 3.64. The van der Waals surface area contributed by atoms with Crippen molar-refractivity contribution in [1.29, 1.82) is 0 Å². The molecule has 0 fully saturated rings. The van der Waals surface area contributed by atoms with Gasteiger partial charge in [0.25, 0.3) is 0 Å². The van der Waals surface area contributed by atoms with Gasteiger partial charge in [-0.3, -0.25) is 4.79 Å². The molecule has 1 rings (SSSR count). The van der Waals surface area contributed by atoms with Gasteiger partial charge in [-0.05, 0) is 24.0 Å². The molecule has 1 aromatic carbocycles. The Hall–Kier alpha value is -1.39. The van der Waals surface area contributed by atoms with Crippen molar-refractivity contribution in [2.24, 2.45) is 5.73 Å². The normalized spacial score (nSPS) is 12.4. The Morgan fingerprint density at radius 3 is 2.56 bits per heavy atom. The molecule has 88 valence electrons. The van der Waals surface area contributed by atoms with Crippen molar-refractivity contribution in [3.63, 3.8) is 0 Å². The second-order valence-electron chi connectivity index (χ2n) is 3.65. The number of rotatable bonds is 6. The molecule has 16 heavy (non-hydrogen) atoms. The lowest BCUT2D eigenvalue weighted by molar-refractivity contribution is -0.138. The number of nitrogens with two attached hydrogens (primary N) is 1. The SMILES string of the molecule is COCCCc1ccc(C(N)C(=O)O)cc1. The number of aliphatic carboxylic acids is 1. The zero-order valence-electron chi connectivity index (χ0n) is 9.35. The van der Waals surface area contributed by atoms with Crippen LogP contribution < -0.4 is 5.73 Å². The lowest BCUT2D eigenvalue weighted by Crippen LogP contribution is -2.20. The molecular weight excluding hydrogens is 206 g/mol. The first kappa shape index (κ1) is 12.7. The topological polar surface area (TPSA) is 72.5 Å². The van der Waals surface area contributed by atoms with E-state index in [4.69, 9.17) is 15.6 Å². The molecule has 4 heteroatoms. The zero-order valence-corrected chi connectivity index (χ0v) is 9.35. The monoisotopic (exact) mass is 223 g/mol. The number of ether oxygens (including phenoxy) is 1. The average Bonchev–Trinajstić information content (AvgIpc) is 2.29. The third-order valence-electron chi connectivity index (χ3n) is 2.42. The van der Waals surface area contributed by atoms with Crippen LogP contribution in [0.1, 0.15) is 23.6 Å². The Kier molecular flexibility index (Phi) is 4.95. The minimum Gasteiger partial charge on any atom is -0.480 e. The molecule has 0 aliphatic heterocycles. The highest BCUT2D eigenvalue weighted by Gasteiger charge is 2.13. The number of hydrogen-bond acceptors (Lipinski definition) is 3. The van der Waals surface area contributed by atoms with Crippen molar-refractivity contribution in [2.45, 2.75) is 18.9 Å². The van der Waals surface area contributed by atoms with Crippen LogP contribution in [0.3, 0.4) is 0 Å². The number of aryl methyl sites for hydroxylation is 1. The van der Waals surface area contributed by atoms with Gasteiger partial charge in [-0.15, -0.1) is 0 Å². The van der Waals surface area contributed by atoms with Crippen LogP contribution in [0.15, 0.2) is 24.3 Å². The van der Waals surface area contributed by atoms with E-state index in [-0.39, 0.29) is 0 Å². The van der Waals surface area contributed by atoms with Gasteiger partial charge < -0.3 is 15.6 Å². The van der Waals surface area contributed by atoms with Crippen LogP contribution in [0.4, 0.5) is 0 Å². The summed E-state index contributed by atoms with van der Waals surface area (Å²) in [6, 6.07) is 6.41. The first-order chi connectivity index (χ1) is 7.65. The largest absolute Gasteiger partial charge is 0.480 e. The van der Waals surface area contributed by atoms with Gasteiger partial charge in [0.2, 0.25) is 0 Å². The highest BCUT2D eigenvalue weighted by Crippen LogP contribution is 2.12. The fraction of sp³-hybridized carbons (Fsp3) is 0.417. The molecule has 0 saturated heterocycles. The van der Waals surface area contributed by atoms with Crippen LogP contribution in [0.5, 0.6) is 0 Å². The predicted molar refractivity (Wildman–Crippen MR) is 61.2 cm³/mol. The van der Waals surface area contributed by atoms with E-state index >= 15 is 0 Å². The molecule has 0 saturated carbocycles. The smallest absolute Gasteiger partial charge is 0.325 e. The zero-order chi connectivity index (χ0) is 12.0. The van der Waals surface area contributed by atoms with Crippen molar-refractivity contribution in [1.82, 2.24) is 0 Å². The Morgan fingerprint density at radius 2 is 2.06 bits per heavy atom. The summed E-state index contributed by atoms with van der Waals surface area (Å²) < 4.78 is 4.96. The number of hydrogen-bond donors (Lipinski definition) is 2. The van der Waals surface area contributed by atoms with Crippen molar-refractivity contribution < 1.29 is 14.6 Å². The summed E-state index contributed by atoms with van der Waals surface area (Å²) in [6.07, 6.45) is 1.89. The van der Waals surface area contributed by atoms with E-state index in [1.807, 2.05) is 12.1 Å². The Bertz CT molecular complexity index is 335. The van der Waals surface area contributed by atoms with Gasteiger partial charge in [-0.25, -0.2) is 0 Å². The molecule has 0 amide bonds. The van der Waals surface area contributed by atoms with Crippen LogP contribution in [0.2, 0.25) is 0 Å². The molecular formula is C12H17NO3. The highest BCUT2D eigenvalue weighted by atomic mass is 16.5. The first-order valence-corrected chi connectivity index (χ1v) is 5.21. The lowest BCUT2D eigenvalue weighted by atomic mass is 10.0. The summed E-state index contributed by atoms with van der Waals surface area (Å²) in [6.45, 7) is 0.733. The highest BCUT2D eigenvalue weighted by molar-refractivity contribution is 5.75. The summed E-state index contributed by atoms with van der Waals surface area (Å²) in [4.78, 5) is 10.7. The molecule has 1 unspecified atom stereocenters. The van der Waals surface area contributed by atoms with E-state index in [9.17, 15) is 4.79 Å². The molecule has 0 bridgehead atoms. The molecule has 1 aromatic rings. The number of carboxylic acids is 1. The van der Waals surface area contributed by atoms with E-state index < -0.39 is 12.0 Å². The minimum atomic E-state index is -1.01. The molecule has 0 aliphatic carbocycles. The number of methoxy groups -OCH3 is 1. The standard InChI is InChI=1S/C12H17NO3/c1-16-8-2-3-9-4-6-10(7-5-9)11(13)12(14)15/h4-7,11H,2-3,8,13H2,1H3,(H,14,15). The average molecular weight is 223 g/mol. The second-order valence-corrected chi connectivity index (χ2v) is 3.65. The minimum absolute atomic E-state index is 0.628. The predicted octanol–water partition coefficient (Wildman–Crippen LogP) is 1.35. The molecule has 1 atom stereocenters. The number of carboxylic acid groups (broad SMARTS) is 1. The van der Waals surface area contributed by atoms with E-state index in [2.05, 4.69) is 0 Å². The summed E-state index contributed by atoms with van der Waals surface area (Å²) in [7, 11) is 1.68. The van der Waals surface area contributed by atoms with Gasteiger partial charge >= 0.3 is 5.97 Å². The van der Waals surface area contributed by atoms with Crippen LogP contribution in [0, 0.1) is 0 Å². The van der Waals surface area contributed by atoms with Crippen LogP contribution in [-0.2, 0) is 16.0 Å². The maximum Gasteiger partial charge on any atom is 0.325 e. The van der Waals surface area contributed by atoms with Crippen molar-refractivity contribution in [3.05, 3.63) is 35.4 Å². The van der Waals surface area contributed by atoms with Gasteiger partial charge in [0.1, 0.15) is 6.04 Å². The van der Waals surface area contributed by atoms with Crippen molar-refractivity contribution in [2.75, 3.05) is 13.7 Å². The molecule has 0 radical (unpaired) electrons. The third-order valence-corrected chi connectivity index (χ3v) is 2.42. The molecule has 0 spiro atoms. The summed E-state index contributed by atoms with van der Waals surface area (Å²) in [5.74, 6) is -1.01. The van der Waals surface area contributed by atoms with Gasteiger partial charge in [-0.2, -0.15) is 0 Å². The number of benzene rings is 1. The Balaban J connectivity index is 2.57. The molecule has 4 nitrogen and oxygen atoms in total. The maximum absolute atomic E-state index is 10.7. The van der Waals surface area contributed by atoms with Gasteiger partial charge in [-0.1, -0.05) is 24.3 Å². The quantitative estimate of drug-likeness (QED) is 0.714. The van der Waals surface area contributed by atoms with Crippen LogP contribution >= 0.6 is 0 Å². The van der Waals surface area contributed by atoms with Gasteiger partial charge in [0.15, 0.2) is 0 Å². The first-order valence-electron chi connectivity index (χ1n) is 5.21. The summed E-state index contributed by atoms with van der Waals surface area (Å²) in [5.41, 5.74) is 7.28. The molecule has 0 aliphatic rings. The number of carbonyl (C=O) groups is 1. The van der Waals surface area contributed by atoms with E-state index in [1.165, 1.54) is 5.56 Å². The lowest BCUT2D eigenvalue weighted by Gasteiger charge is -2.07. The van der Waals surface area contributed by atoms with E-state index in [0.717, 1.165) is 19.4 Å². The maximum atomic E-state index is 10.7. The van der Waals surface area contributed by atoms with Crippen LogP contribution in [0.25, 0.3) is 0 Å². The Labute approximate surface area is 95.0 Å². The molecule has 0 aromatic heterocycles. The fourth-order valence-corrected chi connectivity index (χ4v) is 1.45. The van der Waals surface area contributed by atoms with Gasteiger partial charge in [0, 0.05) is 13.7 Å². The Morgan fingerprint density at radius 1 is 1.44 bits per heavy atom. The molecule has 0 heterocycles.